The lowest BCUT2D eigenvalue weighted by atomic mass is 9.83. The molecule has 0 saturated heterocycles. The van der Waals surface area contributed by atoms with Crippen LogP contribution in [0.5, 0.6) is 5.75 Å². The normalized spacial score (nSPS) is 18.2. The Hall–Kier alpha value is -5.04. The van der Waals surface area contributed by atoms with E-state index >= 15 is 0 Å². The molecular weight excluding hydrogens is 683 g/mol. The van der Waals surface area contributed by atoms with Crippen molar-refractivity contribution in [1.29, 1.82) is 0 Å². The van der Waals surface area contributed by atoms with Crippen LogP contribution >= 0.6 is 11.3 Å². The largest absolute Gasteiger partial charge is 0.429 e. The first-order chi connectivity index (χ1) is 25.9. The minimum atomic E-state index is -1.48. The molecule has 0 spiro atoms. The predicted octanol–water partition coefficient (Wildman–Crippen LogP) is 11.0. The third-order valence-electron chi connectivity index (χ3n) is 12.2. The molecule has 1 aliphatic carbocycles. The lowest BCUT2D eigenvalue weighted by Crippen LogP contribution is -2.58. The van der Waals surface area contributed by atoms with Gasteiger partial charge in [0.25, 0.3) is 5.82 Å². The molecule has 11 rings (SSSR count). The summed E-state index contributed by atoms with van der Waals surface area (Å²) in [7, 11) is -1.48. The molecule has 3 aliphatic rings. The molecule has 53 heavy (non-hydrogen) atoms. The summed E-state index contributed by atoms with van der Waals surface area (Å²) >= 11 is 1.98. The number of pyridine rings is 1. The van der Waals surface area contributed by atoms with Gasteiger partial charge in [0.05, 0.1) is 13.6 Å². The molecular formula is C47H43N3OSSi+2. The molecule has 0 radical (unpaired) electrons. The van der Waals surface area contributed by atoms with E-state index in [1.165, 1.54) is 90.9 Å². The molecule has 6 heteroatoms. The van der Waals surface area contributed by atoms with Crippen LogP contribution in [0.3, 0.4) is 0 Å². The summed E-state index contributed by atoms with van der Waals surface area (Å²) in [5.74, 6) is 2.66. The highest BCUT2D eigenvalue weighted by Crippen LogP contribution is 2.50. The Balaban J connectivity index is 1.26. The van der Waals surface area contributed by atoms with Crippen LogP contribution in [0.1, 0.15) is 61.4 Å². The van der Waals surface area contributed by atoms with Gasteiger partial charge in [-0.05, 0) is 66.8 Å². The number of hydrogen-bond acceptors (Lipinski definition) is 2. The Labute approximate surface area is 315 Å². The van der Waals surface area contributed by atoms with E-state index in [2.05, 4.69) is 161 Å². The van der Waals surface area contributed by atoms with E-state index in [9.17, 15) is 0 Å². The van der Waals surface area contributed by atoms with E-state index in [0.717, 1.165) is 22.8 Å². The Bertz CT molecular complexity index is 2750. The van der Waals surface area contributed by atoms with Gasteiger partial charge in [-0.25, -0.2) is 4.57 Å². The lowest BCUT2D eigenvalue weighted by molar-refractivity contribution is -0.816. The number of fused-ring (bicyclic) bond motifs is 16. The van der Waals surface area contributed by atoms with Crippen LogP contribution in [0.2, 0.25) is 19.6 Å². The number of nitrogens with zero attached hydrogens (tertiary/aromatic N) is 3. The van der Waals surface area contributed by atoms with Crippen LogP contribution in [-0.4, -0.2) is 12.6 Å². The summed E-state index contributed by atoms with van der Waals surface area (Å²) in [6.07, 6.45) is 8.62. The van der Waals surface area contributed by atoms with Gasteiger partial charge in [0, 0.05) is 37.9 Å². The van der Waals surface area contributed by atoms with Gasteiger partial charge < -0.3 is 4.74 Å². The van der Waals surface area contributed by atoms with Crippen LogP contribution in [0.4, 0.5) is 0 Å². The van der Waals surface area contributed by atoms with Crippen molar-refractivity contribution in [1.82, 2.24) is 4.57 Å². The molecule has 5 heterocycles. The minimum Gasteiger partial charge on any atom is -0.429 e. The molecule has 1 saturated carbocycles. The second-order valence-electron chi connectivity index (χ2n) is 16.4. The van der Waals surface area contributed by atoms with Crippen LogP contribution in [0.15, 0.2) is 128 Å². The highest BCUT2D eigenvalue weighted by Gasteiger charge is 2.52. The van der Waals surface area contributed by atoms with Gasteiger partial charge in [-0.2, -0.15) is 9.13 Å². The monoisotopic (exact) mass is 725 g/mol. The molecule has 2 atom stereocenters. The molecule has 0 N–H and O–H groups in total. The van der Waals surface area contributed by atoms with Gasteiger partial charge in [0.1, 0.15) is 17.0 Å². The van der Waals surface area contributed by atoms with Crippen molar-refractivity contribution >= 4 is 55.8 Å². The van der Waals surface area contributed by atoms with Crippen molar-refractivity contribution < 1.29 is 13.9 Å². The Morgan fingerprint density at radius 1 is 0.755 bits per heavy atom. The zero-order valence-electron chi connectivity index (χ0n) is 30.6. The number of rotatable bonds is 3. The molecule has 2 unspecified atom stereocenters. The fourth-order valence-corrected chi connectivity index (χ4v) is 12.2. The topological polar surface area (TPSA) is 21.9 Å². The van der Waals surface area contributed by atoms with E-state index in [1.54, 1.807) is 0 Å². The summed E-state index contributed by atoms with van der Waals surface area (Å²) in [6.45, 7) is 7.36. The summed E-state index contributed by atoms with van der Waals surface area (Å²) < 4.78 is 17.7. The van der Waals surface area contributed by atoms with Gasteiger partial charge in [-0.1, -0.05) is 111 Å². The van der Waals surface area contributed by atoms with Crippen LogP contribution < -0.4 is 19.1 Å². The van der Waals surface area contributed by atoms with E-state index in [-0.39, 0.29) is 12.3 Å². The SMILES string of the molecule is C[Si](C)(C)c1ccc2c(c1)sc1c3c(ccc12)C1C(Oc2ccccc2-c2n(-c4ccccc4)c4ccccc4[n+]21)[n+]1ccc(C2CCCCC2)cc1-3. The second-order valence-corrected chi connectivity index (χ2v) is 22.5. The molecule has 3 aromatic heterocycles. The zero-order valence-corrected chi connectivity index (χ0v) is 32.4. The van der Waals surface area contributed by atoms with E-state index < -0.39 is 8.07 Å². The third-order valence-corrected chi connectivity index (χ3v) is 15.5. The fourth-order valence-electron chi connectivity index (χ4n) is 9.61. The summed E-state index contributed by atoms with van der Waals surface area (Å²) in [5, 5.41) is 4.24. The standard InChI is InChI=1S/C47H43N3OSSi/c1-53(2,3)33-22-23-34-35-24-25-37-43(45(35)52-42(34)29-33)40-28-31(30-14-6-4-7-15-30)26-27-48(40)47-44(37)50-39-20-12-11-19-38(39)49(32-16-8-5-9-17-32)46(50)36-18-10-13-21-41(36)51-47/h5,8-13,16-30,44,47H,4,6-7,14-15H2,1-3H3/q+2. The summed E-state index contributed by atoms with van der Waals surface area (Å²) in [4.78, 5) is 0. The first kappa shape index (κ1) is 31.5. The number of imidazole rings is 1. The number of para-hydroxylation sites is 4. The quantitative estimate of drug-likeness (QED) is 0.131. The van der Waals surface area contributed by atoms with Crippen LogP contribution in [0.25, 0.3) is 59.5 Å². The maximum atomic E-state index is 7.37. The first-order valence-electron chi connectivity index (χ1n) is 19.4. The van der Waals surface area contributed by atoms with Gasteiger partial charge in [-0.15, -0.1) is 11.3 Å². The summed E-state index contributed by atoms with van der Waals surface area (Å²) in [5.41, 5.74) is 10.1. The molecule has 2 aliphatic heterocycles. The molecule has 0 amide bonds. The third kappa shape index (κ3) is 4.71. The highest BCUT2D eigenvalue weighted by atomic mass is 32.1. The molecule has 260 valence electrons. The van der Waals surface area contributed by atoms with Crippen molar-refractivity contribution in [2.45, 2.75) is 69.9 Å². The summed E-state index contributed by atoms with van der Waals surface area (Å²) in [6, 6.07) is 45.4. The number of hydrogen-bond donors (Lipinski definition) is 0. The average Bonchev–Trinajstić information content (AvgIpc) is 3.69. The molecule has 0 bridgehead atoms. The van der Waals surface area contributed by atoms with Crippen LogP contribution in [-0.2, 0) is 0 Å². The molecule has 5 aromatic carbocycles. The van der Waals surface area contributed by atoms with Gasteiger partial charge in [0.2, 0.25) is 11.7 Å². The van der Waals surface area contributed by atoms with Crippen molar-refractivity contribution in [2.75, 3.05) is 0 Å². The van der Waals surface area contributed by atoms with Crippen molar-refractivity contribution in [3.8, 4) is 34.1 Å². The Morgan fingerprint density at radius 2 is 1.53 bits per heavy atom. The smallest absolute Gasteiger partial charge is 0.348 e. The number of thiophene rings is 1. The maximum Gasteiger partial charge on any atom is 0.348 e. The van der Waals surface area contributed by atoms with Gasteiger partial charge in [0.15, 0.2) is 17.2 Å². The molecule has 8 aromatic rings. The predicted molar refractivity (Wildman–Crippen MR) is 220 cm³/mol. The highest BCUT2D eigenvalue weighted by molar-refractivity contribution is 7.26. The van der Waals surface area contributed by atoms with Gasteiger partial charge >= 0.3 is 6.23 Å². The Morgan fingerprint density at radius 3 is 2.38 bits per heavy atom. The van der Waals surface area contributed by atoms with Crippen molar-refractivity contribution in [3.63, 3.8) is 0 Å². The number of ether oxygens (including phenoxy) is 1. The van der Waals surface area contributed by atoms with Crippen LogP contribution in [0, 0.1) is 0 Å². The second kappa shape index (κ2) is 11.7. The number of aromatic nitrogens is 3. The number of benzene rings is 5. The maximum absolute atomic E-state index is 7.37. The minimum absolute atomic E-state index is 0.118. The fraction of sp³-hybridized carbons (Fsp3) is 0.234. The van der Waals surface area contributed by atoms with E-state index in [1.807, 2.05) is 11.3 Å². The van der Waals surface area contributed by atoms with E-state index in [0.29, 0.717) is 5.92 Å². The first-order valence-corrected chi connectivity index (χ1v) is 23.7. The average molecular weight is 726 g/mol. The zero-order chi connectivity index (χ0) is 35.4. The lowest BCUT2D eigenvalue weighted by Gasteiger charge is -2.29. The van der Waals surface area contributed by atoms with E-state index in [4.69, 9.17) is 4.74 Å². The Kier molecular flexibility index (Phi) is 6.97. The van der Waals surface area contributed by atoms with Gasteiger partial charge in [-0.3, -0.25) is 0 Å². The molecule has 4 nitrogen and oxygen atoms in total. The van der Waals surface area contributed by atoms with Crippen molar-refractivity contribution in [2.24, 2.45) is 0 Å². The molecule has 1 fully saturated rings. The van der Waals surface area contributed by atoms with Crippen molar-refractivity contribution in [3.05, 3.63) is 139 Å².